The first-order chi connectivity index (χ1) is 13.1. The van der Waals surface area contributed by atoms with Crippen LogP contribution >= 0.6 is 11.6 Å². The molecule has 1 heterocycles. The van der Waals surface area contributed by atoms with Gasteiger partial charge in [0.25, 0.3) is 5.91 Å². The van der Waals surface area contributed by atoms with E-state index in [9.17, 15) is 4.79 Å². The van der Waals surface area contributed by atoms with Crippen molar-refractivity contribution in [2.45, 2.75) is 13.8 Å². The summed E-state index contributed by atoms with van der Waals surface area (Å²) in [5, 5.41) is 11.7. The summed E-state index contributed by atoms with van der Waals surface area (Å²) in [6, 6.07) is 16.4. The molecule has 0 spiro atoms. The topological polar surface area (TPSA) is 79.4 Å². The molecule has 6 nitrogen and oxygen atoms in total. The molecule has 0 aliphatic rings. The van der Waals surface area contributed by atoms with E-state index in [1.807, 2.05) is 50.2 Å². The highest BCUT2D eigenvalue weighted by molar-refractivity contribution is 6.30. The third-order valence-electron chi connectivity index (χ3n) is 3.86. The molecule has 3 rings (SSSR count). The number of ether oxygens (including phenoxy) is 1. The fraction of sp³-hybridized carbons (Fsp3) is 0.150. The molecule has 1 amide bonds. The number of hydrogen-bond acceptors (Lipinski definition) is 4. The number of benzene rings is 2. The maximum atomic E-state index is 12.3. The number of rotatable bonds is 6. The van der Waals surface area contributed by atoms with Crippen LogP contribution in [-0.2, 0) is 0 Å². The van der Waals surface area contributed by atoms with Crippen LogP contribution in [0, 0.1) is 0 Å². The Morgan fingerprint density at radius 2 is 1.96 bits per heavy atom. The summed E-state index contributed by atoms with van der Waals surface area (Å²) >= 11 is 5.89. The van der Waals surface area contributed by atoms with Crippen molar-refractivity contribution in [2.24, 2.45) is 5.10 Å². The number of hydrazone groups is 1. The van der Waals surface area contributed by atoms with Crippen LogP contribution in [0.3, 0.4) is 0 Å². The van der Waals surface area contributed by atoms with Crippen LogP contribution in [0.5, 0.6) is 5.75 Å². The van der Waals surface area contributed by atoms with Gasteiger partial charge in [0.1, 0.15) is 11.4 Å². The van der Waals surface area contributed by atoms with Gasteiger partial charge in [-0.3, -0.25) is 9.89 Å². The first kappa shape index (κ1) is 18.7. The second-order valence-corrected chi connectivity index (χ2v) is 6.18. The number of nitrogens with one attached hydrogen (secondary N) is 2. The van der Waals surface area contributed by atoms with Gasteiger partial charge in [0.2, 0.25) is 0 Å². The van der Waals surface area contributed by atoms with Gasteiger partial charge in [0.15, 0.2) is 0 Å². The summed E-state index contributed by atoms with van der Waals surface area (Å²) in [7, 11) is 0. The number of carbonyl (C=O) groups is 1. The summed E-state index contributed by atoms with van der Waals surface area (Å²) in [5.74, 6) is 0.345. The maximum Gasteiger partial charge on any atom is 0.289 e. The summed E-state index contributed by atoms with van der Waals surface area (Å²) in [4.78, 5) is 12.3. The van der Waals surface area contributed by atoms with Gasteiger partial charge in [0, 0.05) is 16.1 Å². The van der Waals surface area contributed by atoms with Crippen molar-refractivity contribution in [3.05, 3.63) is 70.9 Å². The number of aromatic nitrogens is 2. The number of halogens is 1. The number of para-hydroxylation sites is 1. The van der Waals surface area contributed by atoms with Gasteiger partial charge in [-0.2, -0.15) is 10.2 Å². The van der Waals surface area contributed by atoms with Crippen LogP contribution in [0.4, 0.5) is 0 Å². The zero-order chi connectivity index (χ0) is 19.2. The Labute approximate surface area is 162 Å². The second-order valence-electron chi connectivity index (χ2n) is 5.74. The molecule has 2 aromatic carbocycles. The van der Waals surface area contributed by atoms with E-state index in [4.69, 9.17) is 16.3 Å². The van der Waals surface area contributed by atoms with Crippen LogP contribution in [0.2, 0.25) is 5.02 Å². The van der Waals surface area contributed by atoms with E-state index in [0.29, 0.717) is 28.7 Å². The highest BCUT2D eigenvalue weighted by Gasteiger charge is 2.12. The Hall–Kier alpha value is -3.12. The molecule has 0 bridgehead atoms. The molecule has 3 aromatic rings. The smallest absolute Gasteiger partial charge is 0.289 e. The highest BCUT2D eigenvalue weighted by Crippen LogP contribution is 2.20. The first-order valence-electron chi connectivity index (χ1n) is 8.46. The zero-order valence-corrected chi connectivity index (χ0v) is 15.7. The Morgan fingerprint density at radius 3 is 2.70 bits per heavy atom. The monoisotopic (exact) mass is 382 g/mol. The van der Waals surface area contributed by atoms with Crippen molar-refractivity contribution in [1.82, 2.24) is 15.6 Å². The number of carbonyl (C=O) groups excluding carboxylic acids is 1. The van der Waals surface area contributed by atoms with Gasteiger partial charge in [-0.1, -0.05) is 35.9 Å². The van der Waals surface area contributed by atoms with E-state index in [0.717, 1.165) is 16.9 Å². The van der Waals surface area contributed by atoms with Crippen LogP contribution in [-0.4, -0.2) is 28.4 Å². The van der Waals surface area contributed by atoms with Gasteiger partial charge in [-0.15, -0.1) is 0 Å². The van der Waals surface area contributed by atoms with E-state index in [1.54, 1.807) is 18.2 Å². The van der Waals surface area contributed by atoms with Crippen molar-refractivity contribution >= 4 is 23.2 Å². The van der Waals surface area contributed by atoms with E-state index in [1.165, 1.54) is 0 Å². The standard InChI is InChI=1S/C20H19ClN4O2/c1-3-27-19-7-5-4-6-16(19)13(2)22-25-20(26)18-12-17(23-24-18)14-8-10-15(21)11-9-14/h4-12H,3H2,1-2H3,(H,23,24)(H,25,26). The average molecular weight is 383 g/mol. The van der Waals surface area contributed by atoms with Gasteiger partial charge in [-0.25, -0.2) is 5.43 Å². The fourth-order valence-electron chi connectivity index (χ4n) is 2.51. The molecule has 2 N–H and O–H groups in total. The van der Waals surface area contributed by atoms with Gasteiger partial charge in [-0.05, 0) is 44.2 Å². The van der Waals surface area contributed by atoms with Crippen LogP contribution in [0.1, 0.15) is 29.9 Å². The lowest BCUT2D eigenvalue weighted by Crippen LogP contribution is -2.20. The fourth-order valence-corrected chi connectivity index (χ4v) is 2.63. The van der Waals surface area contributed by atoms with Crippen molar-refractivity contribution in [1.29, 1.82) is 0 Å². The van der Waals surface area contributed by atoms with E-state index in [2.05, 4.69) is 20.7 Å². The largest absolute Gasteiger partial charge is 0.493 e. The highest BCUT2D eigenvalue weighted by atomic mass is 35.5. The summed E-state index contributed by atoms with van der Waals surface area (Å²) in [5.41, 5.74) is 5.84. The number of amides is 1. The minimum atomic E-state index is -0.379. The molecule has 0 saturated heterocycles. The van der Waals surface area contributed by atoms with Gasteiger partial charge < -0.3 is 4.74 Å². The third kappa shape index (κ3) is 4.54. The van der Waals surface area contributed by atoms with Gasteiger partial charge in [0.05, 0.1) is 18.0 Å². The normalized spacial score (nSPS) is 11.3. The number of aromatic amines is 1. The second kappa shape index (κ2) is 8.51. The maximum absolute atomic E-state index is 12.3. The Balaban J connectivity index is 1.72. The molecule has 0 saturated carbocycles. The first-order valence-corrected chi connectivity index (χ1v) is 8.84. The predicted molar refractivity (Wildman–Crippen MR) is 106 cm³/mol. The molecular weight excluding hydrogens is 364 g/mol. The summed E-state index contributed by atoms with van der Waals surface area (Å²) in [6.45, 7) is 4.28. The van der Waals surface area contributed by atoms with Crippen molar-refractivity contribution < 1.29 is 9.53 Å². The van der Waals surface area contributed by atoms with E-state index < -0.39 is 0 Å². The van der Waals surface area contributed by atoms with Crippen molar-refractivity contribution in [2.75, 3.05) is 6.61 Å². The lowest BCUT2D eigenvalue weighted by Gasteiger charge is -2.09. The molecule has 0 unspecified atom stereocenters. The lowest BCUT2D eigenvalue weighted by molar-refractivity contribution is 0.0950. The predicted octanol–water partition coefficient (Wildman–Crippen LogP) is 4.28. The van der Waals surface area contributed by atoms with Crippen LogP contribution in [0.25, 0.3) is 11.3 Å². The third-order valence-corrected chi connectivity index (χ3v) is 4.12. The van der Waals surface area contributed by atoms with Crippen LogP contribution in [0.15, 0.2) is 59.7 Å². The zero-order valence-electron chi connectivity index (χ0n) is 15.0. The number of H-pyrrole nitrogens is 1. The molecule has 0 radical (unpaired) electrons. The quantitative estimate of drug-likeness (QED) is 0.493. The molecule has 7 heteroatoms. The number of nitrogens with zero attached hydrogens (tertiary/aromatic N) is 2. The lowest BCUT2D eigenvalue weighted by atomic mass is 10.1. The Kier molecular flexibility index (Phi) is 5.88. The molecule has 1 aromatic heterocycles. The molecule has 0 atom stereocenters. The van der Waals surface area contributed by atoms with Crippen molar-refractivity contribution in [3.8, 4) is 17.0 Å². The molecular formula is C20H19ClN4O2. The average Bonchev–Trinajstić information content (AvgIpc) is 3.17. The Bertz CT molecular complexity index is 964. The minimum absolute atomic E-state index is 0.314. The van der Waals surface area contributed by atoms with E-state index >= 15 is 0 Å². The Morgan fingerprint density at radius 1 is 1.22 bits per heavy atom. The summed E-state index contributed by atoms with van der Waals surface area (Å²) in [6.07, 6.45) is 0. The number of hydrogen-bond donors (Lipinski definition) is 2. The summed E-state index contributed by atoms with van der Waals surface area (Å²) < 4.78 is 5.59. The molecule has 27 heavy (non-hydrogen) atoms. The van der Waals surface area contributed by atoms with Gasteiger partial charge >= 0.3 is 0 Å². The van der Waals surface area contributed by atoms with Crippen LogP contribution < -0.4 is 10.2 Å². The molecule has 0 fully saturated rings. The molecule has 0 aliphatic carbocycles. The minimum Gasteiger partial charge on any atom is -0.493 e. The molecule has 138 valence electrons. The van der Waals surface area contributed by atoms with E-state index in [-0.39, 0.29) is 5.91 Å². The van der Waals surface area contributed by atoms with Crippen molar-refractivity contribution in [3.63, 3.8) is 0 Å². The molecule has 0 aliphatic heterocycles. The SMILES string of the molecule is CCOc1ccccc1C(C)=NNC(=O)c1cc(-c2ccc(Cl)cc2)n[nH]1.